The molecular formula is C16H18N2O2. The minimum absolute atomic E-state index is 0.0198. The number of pyridine rings is 1. The molecule has 0 radical (unpaired) electrons. The Bertz CT molecular complexity index is 552. The van der Waals surface area contributed by atoms with Crippen LogP contribution in [0.3, 0.4) is 0 Å². The Kier molecular flexibility index (Phi) is 4.71. The lowest BCUT2D eigenvalue weighted by atomic mass is 10.0. The monoisotopic (exact) mass is 270 g/mol. The normalized spacial score (nSPS) is 11.7. The summed E-state index contributed by atoms with van der Waals surface area (Å²) < 4.78 is 5.14. The molecule has 1 amide bonds. The molecule has 20 heavy (non-hydrogen) atoms. The van der Waals surface area contributed by atoms with Crippen molar-refractivity contribution >= 4 is 5.91 Å². The van der Waals surface area contributed by atoms with Crippen LogP contribution in [0.2, 0.25) is 0 Å². The summed E-state index contributed by atoms with van der Waals surface area (Å²) in [4.78, 5) is 16.1. The van der Waals surface area contributed by atoms with Crippen molar-refractivity contribution in [2.75, 3.05) is 7.11 Å². The van der Waals surface area contributed by atoms with Gasteiger partial charge in [-0.25, -0.2) is 0 Å². The molecule has 0 saturated carbocycles. The van der Waals surface area contributed by atoms with Gasteiger partial charge in [0.05, 0.1) is 18.7 Å². The van der Waals surface area contributed by atoms with Crippen molar-refractivity contribution in [1.29, 1.82) is 0 Å². The molecule has 0 unspecified atom stereocenters. The third kappa shape index (κ3) is 3.35. The average Bonchev–Trinajstić information content (AvgIpc) is 2.53. The maximum atomic E-state index is 12.1. The van der Waals surface area contributed by atoms with E-state index in [0.717, 1.165) is 17.7 Å². The summed E-state index contributed by atoms with van der Waals surface area (Å²) in [7, 11) is 1.64. The highest BCUT2D eigenvalue weighted by Gasteiger charge is 2.14. The molecule has 0 fully saturated rings. The molecule has 4 heteroatoms. The summed E-state index contributed by atoms with van der Waals surface area (Å²) in [5, 5.41) is 3.02. The van der Waals surface area contributed by atoms with E-state index < -0.39 is 0 Å². The number of rotatable bonds is 5. The molecular weight excluding hydrogens is 252 g/mol. The minimum atomic E-state index is -0.110. The lowest BCUT2D eigenvalue weighted by molar-refractivity contribution is 0.0935. The van der Waals surface area contributed by atoms with E-state index >= 15 is 0 Å². The number of nitrogens with one attached hydrogen (secondary N) is 1. The van der Waals surface area contributed by atoms with Crippen LogP contribution in [-0.2, 0) is 0 Å². The topological polar surface area (TPSA) is 51.2 Å². The smallest absolute Gasteiger partial charge is 0.253 e. The molecule has 2 rings (SSSR count). The first-order valence-corrected chi connectivity index (χ1v) is 6.59. The van der Waals surface area contributed by atoms with E-state index in [1.165, 1.54) is 0 Å². The Hall–Kier alpha value is -2.36. The van der Waals surface area contributed by atoms with Gasteiger partial charge in [0.2, 0.25) is 0 Å². The van der Waals surface area contributed by atoms with E-state index in [9.17, 15) is 4.79 Å². The van der Waals surface area contributed by atoms with Crippen molar-refractivity contribution in [2.24, 2.45) is 0 Å². The maximum absolute atomic E-state index is 12.1. The van der Waals surface area contributed by atoms with E-state index in [1.54, 1.807) is 31.6 Å². The lowest BCUT2D eigenvalue weighted by Gasteiger charge is -2.17. The van der Waals surface area contributed by atoms with Gasteiger partial charge in [-0.3, -0.25) is 9.78 Å². The molecule has 1 N–H and O–H groups in total. The Morgan fingerprint density at radius 3 is 2.60 bits per heavy atom. The first kappa shape index (κ1) is 14.1. The Morgan fingerprint density at radius 2 is 2.05 bits per heavy atom. The van der Waals surface area contributed by atoms with Crippen LogP contribution in [0, 0.1) is 0 Å². The fourth-order valence-corrected chi connectivity index (χ4v) is 2.00. The Labute approximate surface area is 118 Å². The standard InChI is InChI=1S/C16H18N2O2/c1-3-15(12-6-8-14(20-2)9-7-12)18-16(19)13-5-4-10-17-11-13/h4-11,15H,3H2,1-2H3,(H,18,19)/t15-/m0/s1. The molecule has 0 spiro atoms. The number of hydrogen-bond acceptors (Lipinski definition) is 3. The molecule has 0 aliphatic carbocycles. The number of carbonyl (C=O) groups is 1. The molecule has 4 nitrogen and oxygen atoms in total. The quantitative estimate of drug-likeness (QED) is 0.908. The molecule has 104 valence electrons. The number of aromatic nitrogens is 1. The van der Waals surface area contributed by atoms with Gasteiger partial charge >= 0.3 is 0 Å². The van der Waals surface area contributed by atoms with Gasteiger partial charge in [-0.05, 0) is 36.2 Å². The van der Waals surface area contributed by atoms with Crippen LogP contribution in [0.1, 0.15) is 35.3 Å². The second-order valence-corrected chi connectivity index (χ2v) is 4.45. The largest absolute Gasteiger partial charge is 0.497 e. The second kappa shape index (κ2) is 6.70. The first-order chi connectivity index (χ1) is 9.74. The van der Waals surface area contributed by atoms with Gasteiger partial charge in [0, 0.05) is 12.4 Å². The number of ether oxygens (including phenoxy) is 1. The van der Waals surface area contributed by atoms with Crippen LogP contribution in [0.5, 0.6) is 5.75 Å². The van der Waals surface area contributed by atoms with Crippen LogP contribution in [0.15, 0.2) is 48.8 Å². The minimum Gasteiger partial charge on any atom is -0.497 e. The third-order valence-electron chi connectivity index (χ3n) is 3.16. The molecule has 2 aromatic rings. The van der Waals surface area contributed by atoms with E-state index in [1.807, 2.05) is 31.2 Å². The number of carbonyl (C=O) groups excluding carboxylic acids is 1. The Morgan fingerprint density at radius 1 is 1.30 bits per heavy atom. The molecule has 0 aliphatic rings. The van der Waals surface area contributed by atoms with Gasteiger partial charge in [-0.1, -0.05) is 19.1 Å². The van der Waals surface area contributed by atoms with Crippen molar-refractivity contribution in [1.82, 2.24) is 10.3 Å². The average molecular weight is 270 g/mol. The van der Waals surface area contributed by atoms with E-state index in [-0.39, 0.29) is 11.9 Å². The SMILES string of the molecule is CC[C@H](NC(=O)c1cccnc1)c1ccc(OC)cc1. The van der Waals surface area contributed by atoms with Gasteiger partial charge in [0.25, 0.3) is 5.91 Å². The number of amides is 1. The van der Waals surface area contributed by atoms with E-state index in [0.29, 0.717) is 5.56 Å². The fourth-order valence-electron chi connectivity index (χ4n) is 2.00. The molecule has 1 heterocycles. The molecule has 0 saturated heterocycles. The highest BCUT2D eigenvalue weighted by Crippen LogP contribution is 2.20. The molecule has 1 aromatic heterocycles. The van der Waals surface area contributed by atoms with Gasteiger partial charge < -0.3 is 10.1 Å². The van der Waals surface area contributed by atoms with Crippen LogP contribution in [0.25, 0.3) is 0 Å². The molecule has 1 aromatic carbocycles. The van der Waals surface area contributed by atoms with Crippen LogP contribution in [-0.4, -0.2) is 18.0 Å². The molecule has 0 bridgehead atoms. The predicted molar refractivity (Wildman–Crippen MR) is 77.7 cm³/mol. The number of nitrogens with zero attached hydrogens (tertiary/aromatic N) is 1. The number of methoxy groups -OCH3 is 1. The summed E-state index contributed by atoms with van der Waals surface area (Å²) >= 11 is 0. The maximum Gasteiger partial charge on any atom is 0.253 e. The van der Waals surface area contributed by atoms with Crippen LogP contribution in [0.4, 0.5) is 0 Å². The van der Waals surface area contributed by atoms with Gasteiger partial charge in [-0.2, -0.15) is 0 Å². The number of hydrogen-bond donors (Lipinski definition) is 1. The van der Waals surface area contributed by atoms with Crippen molar-refractivity contribution in [3.05, 3.63) is 59.9 Å². The first-order valence-electron chi connectivity index (χ1n) is 6.59. The van der Waals surface area contributed by atoms with Crippen molar-refractivity contribution < 1.29 is 9.53 Å². The summed E-state index contributed by atoms with van der Waals surface area (Å²) in [6.45, 7) is 2.04. The zero-order chi connectivity index (χ0) is 14.4. The van der Waals surface area contributed by atoms with Gasteiger partial charge in [-0.15, -0.1) is 0 Å². The summed E-state index contributed by atoms with van der Waals surface area (Å²) in [5.41, 5.74) is 1.63. The van der Waals surface area contributed by atoms with E-state index in [2.05, 4.69) is 10.3 Å². The fraction of sp³-hybridized carbons (Fsp3) is 0.250. The Balaban J connectivity index is 2.10. The van der Waals surface area contributed by atoms with Crippen molar-refractivity contribution in [3.63, 3.8) is 0 Å². The molecule has 0 aliphatic heterocycles. The molecule has 1 atom stereocenters. The van der Waals surface area contributed by atoms with Crippen molar-refractivity contribution in [3.8, 4) is 5.75 Å². The van der Waals surface area contributed by atoms with Gasteiger partial charge in [0.15, 0.2) is 0 Å². The second-order valence-electron chi connectivity index (χ2n) is 4.45. The van der Waals surface area contributed by atoms with Crippen LogP contribution < -0.4 is 10.1 Å². The summed E-state index contributed by atoms with van der Waals surface area (Å²) in [6, 6.07) is 11.2. The summed E-state index contributed by atoms with van der Waals surface area (Å²) in [5.74, 6) is 0.697. The zero-order valence-corrected chi connectivity index (χ0v) is 11.7. The zero-order valence-electron chi connectivity index (χ0n) is 11.7. The predicted octanol–water partition coefficient (Wildman–Crippen LogP) is 2.97. The highest BCUT2D eigenvalue weighted by atomic mass is 16.5. The van der Waals surface area contributed by atoms with E-state index in [4.69, 9.17) is 4.74 Å². The highest BCUT2D eigenvalue weighted by molar-refractivity contribution is 5.94. The van der Waals surface area contributed by atoms with Gasteiger partial charge in [0.1, 0.15) is 5.75 Å². The van der Waals surface area contributed by atoms with Crippen molar-refractivity contribution in [2.45, 2.75) is 19.4 Å². The lowest BCUT2D eigenvalue weighted by Crippen LogP contribution is -2.28. The van der Waals surface area contributed by atoms with Crippen LogP contribution >= 0.6 is 0 Å². The summed E-state index contributed by atoms with van der Waals surface area (Å²) in [6.07, 6.45) is 4.03. The number of benzene rings is 1. The third-order valence-corrected chi connectivity index (χ3v) is 3.16.